The molecule has 0 aliphatic carbocycles. The van der Waals surface area contributed by atoms with Crippen molar-refractivity contribution < 1.29 is 4.79 Å². The molecule has 0 radical (unpaired) electrons. The fraction of sp³-hybridized carbons (Fsp3) is 0.533. The van der Waals surface area contributed by atoms with Crippen LogP contribution in [0.15, 0.2) is 18.2 Å². The highest BCUT2D eigenvalue weighted by molar-refractivity contribution is 6.42. The fourth-order valence-electron chi connectivity index (χ4n) is 2.61. The number of likely N-dealkylation sites (N-methyl/N-ethyl adjacent to an activating group) is 1. The van der Waals surface area contributed by atoms with Crippen LogP contribution in [0.1, 0.15) is 31.2 Å². The second-order valence-electron chi connectivity index (χ2n) is 5.31. The van der Waals surface area contributed by atoms with Gasteiger partial charge < -0.3 is 10.2 Å². The van der Waals surface area contributed by atoms with Gasteiger partial charge in [0.05, 0.1) is 16.0 Å². The number of halogens is 2. The zero-order valence-electron chi connectivity index (χ0n) is 11.8. The number of piperidine rings is 1. The number of rotatable bonds is 3. The Morgan fingerprint density at radius 1 is 1.40 bits per heavy atom. The maximum Gasteiger partial charge on any atom is 0.229 e. The lowest BCUT2D eigenvalue weighted by Crippen LogP contribution is -2.48. The minimum absolute atomic E-state index is 0.156. The molecule has 1 saturated heterocycles. The highest BCUT2D eigenvalue weighted by Crippen LogP contribution is 2.28. The van der Waals surface area contributed by atoms with E-state index in [9.17, 15) is 4.79 Å². The number of hydrogen-bond donors (Lipinski definition) is 1. The number of nitrogens with one attached hydrogen (secondary N) is 1. The molecule has 20 heavy (non-hydrogen) atoms. The zero-order chi connectivity index (χ0) is 14.7. The molecule has 1 aliphatic heterocycles. The van der Waals surface area contributed by atoms with Crippen molar-refractivity contribution in [2.75, 3.05) is 20.1 Å². The van der Waals surface area contributed by atoms with Gasteiger partial charge in [-0.1, -0.05) is 29.3 Å². The molecule has 3 nitrogen and oxygen atoms in total. The summed E-state index contributed by atoms with van der Waals surface area (Å²) in [7, 11) is 1.95. The van der Waals surface area contributed by atoms with Crippen LogP contribution >= 0.6 is 23.2 Å². The van der Waals surface area contributed by atoms with Crippen LogP contribution in [0.4, 0.5) is 0 Å². The Balaban J connectivity index is 2.09. The third kappa shape index (κ3) is 3.46. The minimum atomic E-state index is -0.194. The van der Waals surface area contributed by atoms with Gasteiger partial charge in [-0.2, -0.15) is 0 Å². The number of amides is 1. The molecule has 2 unspecified atom stereocenters. The molecule has 1 aromatic rings. The van der Waals surface area contributed by atoms with Crippen molar-refractivity contribution in [3.8, 4) is 0 Å². The van der Waals surface area contributed by atoms with Crippen LogP contribution in [0.25, 0.3) is 0 Å². The van der Waals surface area contributed by atoms with Gasteiger partial charge in [0.1, 0.15) is 0 Å². The molecule has 110 valence electrons. The number of carbonyl (C=O) groups excluding carboxylic acids is 1. The summed E-state index contributed by atoms with van der Waals surface area (Å²) in [6, 6.07) is 5.80. The second-order valence-corrected chi connectivity index (χ2v) is 6.12. The summed E-state index contributed by atoms with van der Waals surface area (Å²) >= 11 is 11.9. The predicted molar refractivity (Wildman–Crippen MR) is 83.5 cm³/mol. The third-order valence-corrected chi connectivity index (χ3v) is 4.69. The van der Waals surface area contributed by atoms with Crippen LogP contribution in [0.2, 0.25) is 10.0 Å². The van der Waals surface area contributed by atoms with E-state index in [0.29, 0.717) is 16.1 Å². The molecule has 1 fully saturated rings. The lowest BCUT2D eigenvalue weighted by atomic mass is 9.97. The molecule has 1 N–H and O–H groups in total. The van der Waals surface area contributed by atoms with E-state index in [1.54, 1.807) is 12.1 Å². The first-order valence-corrected chi connectivity index (χ1v) is 7.69. The molecule has 0 bridgehead atoms. The van der Waals surface area contributed by atoms with Crippen molar-refractivity contribution in [3.05, 3.63) is 33.8 Å². The highest BCUT2D eigenvalue weighted by atomic mass is 35.5. The van der Waals surface area contributed by atoms with E-state index in [1.807, 2.05) is 24.9 Å². The first kappa shape index (κ1) is 15.6. The van der Waals surface area contributed by atoms with Gasteiger partial charge in [-0.25, -0.2) is 0 Å². The zero-order valence-corrected chi connectivity index (χ0v) is 13.3. The normalized spacial score (nSPS) is 20.8. The molecule has 2 rings (SSSR count). The number of nitrogens with zero attached hydrogens (tertiary/aromatic N) is 1. The third-order valence-electron chi connectivity index (χ3n) is 3.96. The Labute approximate surface area is 130 Å². The number of likely N-dealkylation sites (tertiary alicyclic amines) is 1. The molecule has 0 aromatic heterocycles. The minimum Gasteiger partial charge on any atom is -0.341 e. The molecule has 1 amide bonds. The van der Waals surface area contributed by atoms with Gasteiger partial charge in [0, 0.05) is 19.1 Å². The van der Waals surface area contributed by atoms with E-state index in [2.05, 4.69) is 5.32 Å². The van der Waals surface area contributed by atoms with Crippen LogP contribution in [0.3, 0.4) is 0 Å². The highest BCUT2D eigenvalue weighted by Gasteiger charge is 2.27. The van der Waals surface area contributed by atoms with E-state index in [-0.39, 0.29) is 11.8 Å². The summed E-state index contributed by atoms with van der Waals surface area (Å²) in [5.74, 6) is -0.0382. The van der Waals surface area contributed by atoms with Gasteiger partial charge in [-0.05, 0) is 44.5 Å². The summed E-state index contributed by atoms with van der Waals surface area (Å²) in [4.78, 5) is 14.5. The van der Waals surface area contributed by atoms with E-state index >= 15 is 0 Å². The predicted octanol–water partition coefficient (Wildman–Crippen LogP) is 3.31. The van der Waals surface area contributed by atoms with Crippen LogP contribution in [-0.2, 0) is 4.79 Å². The topological polar surface area (TPSA) is 32.3 Å². The quantitative estimate of drug-likeness (QED) is 0.928. The Morgan fingerprint density at radius 2 is 2.15 bits per heavy atom. The van der Waals surface area contributed by atoms with E-state index in [4.69, 9.17) is 23.2 Å². The van der Waals surface area contributed by atoms with E-state index in [0.717, 1.165) is 31.5 Å². The maximum atomic E-state index is 12.6. The molecule has 1 heterocycles. The van der Waals surface area contributed by atoms with Crippen molar-refractivity contribution in [2.45, 2.75) is 31.7 Å². The molecule has 0 spiro atoms. The Morgan fingerprint density at radius 3 is 2.80 bits per heavy atom. The molecule has 2 atom stereocenters. The van der Waals surface area contributed by atoms with Crippen molar-refractivity contribution in [2.24, 2.45) is 0 Å². The Hall–Kier alpha value is -0.770. The van der Waals surface area contributed by atoms with E-state index < -0.39 is 0 Å². The molecule has 5 heteroatoms. The average Bonchev–Trinajstić information content (AvgIpc) is 2.48. The van der Waals surface area contributed by atoms with Crippen LogP contribution in [0, 0.1) is 0 Å². The Bertz CT molecular complexity index is 493. The van der Waals surface area contributed by atoms with Crippen molar-refractivity contribution in [3.63, 3.8) is 0 Å². The SMILES string of the molecule is CNC1CCCN(C(=O)C(C)c2ccc(Cl)c(Cl)c2)C1. The summed E-state index contributed by atoms with van der Waals surface area (Å²) < 4.78 is 0. The van der Waals surface area contributed by atoms with Gasteiger partial charge in [-0.15, -0.1) is 0 Å². The van der Waals surface area contributed by atoms with Crippen LogP contribution < -0.4 is 5.32 Å². The summed E-state index contributed by atoms with van der Waals surface area (Å²) in [5.41, 5.74) is 0.913. The number of carbonyl (C=O) groups is 1. The first-order valence-electron chi connectivity index (χ1n) is 6.94. The molecular weight excluding hydrogens is 295 g/mol. The standard InChI is InChI=1S/C15H20Cl2N2O/c1-10(11-5-6-13(16)14(17)8-11)15(20)19-7-3-4-12(9-19)18-2/h5-6,8,10,12,18H,3-4,7,9H2,1-2H3. The summed E-state index contributed by atoms with van der Waals surface area (Å²) in [6.45, 7) is 3.54. The monoisotopic (exact) mass is 314 g/mol. The van der Waals surface area contributed by atoms with Gasteiger partial charge in [0.25, 0.3) is 0 Å². The van der Waals surface area contributed by atoms with Crippen LogP contribution in [0.5, 0.6) is 0 Å². The largest absolute Gasteiger partial charge is 0.341 e. The van der Waals surface area contributed by atoms with E-state index in [1.165, 1.54) is 0 Å². The van der Waals surface area contributed by atoms with Crippen molar-refractivity contribution in [1.82, 2.24) is 10.2 Å². The molecular formula is C15H20Cl2N2O. The summed E-state index contributed by atoms with van der Waals surface area (Å²) in [5, 5.41) is 4.26. The molecule has 1 aromatic carbocycles. The van der Waals surface area contributed by atoms with Gasteiger partial charge in [0.15, 0.2) is 0 Å². The van der Waals surface area contributed by atoms with Gasteiger partial charge in [0.2, 0.25) is 5.91 Å². The molecule has 1 aliphatic rings. The van der Waals surface area contributed by atoms with Crippen LogP contribution in [-0.4, -0.2) is 37.0 Å². The first-order chi connectivity index (χ1) is 9.52. The average molecular weight is 315 g/mol. The number of hydrogen-bond acceptors (Lipinski definition) is 2. The van der Waals surface area contributed by atoms with Crippen molar-refractivity contribution in [1.29, 1.82) is 0 Å². The molecule has 0 saturated carbocycles. The Kier molecular flexibility index (Phi) is 5.30. The number of benzene rings is 1. The van der Waals surface area contributed by atoms with Gasteiger partial charge >= 0.3 is 0 Å². The fourth-order valence-corrected chi connectivity index (χ4v) is 2.92. The summed E-state index contributed by atoms with van der Waals surface area (Å²) in [6.07, 6.45) is 2.17. The lowest BCUT2D eigenvalue weighted by molar-refractivity contribution is -0.133. The van der Waals surface area contributed by atoms with Gasteiger partial charge in [-0.3, -0.25) is 4.79 Å². The second kappa shape index (κ2) is 6.79. The smallest absolute Gasteiger partial charge is 0.229 e. The van der Waals surface area contributed by atoms with Crippen molar-refractivity contribution >= 4 is 29.1 Å². The maximum absolute atomic E-state index is 12.6. The lowest BCUT2D eigenvalue weighted by Gasteiger charge is -2.34.